The highest BCUT2D eigenvalue weighted by molar-refractivity contribution is 7.97. The predicted molar refractivity (Wildman–Crippen MR) is 81.4 cm³/mol. The second-order valence-electron chi connectivity index (χ2n) is 4.39. The van der Waals surface area contributed by atoms with Gasteiger partial charge in [0, 0.05) is 0 Å². The average Bonchev–Trinajstić information content (AvgIpc) is 2.52. The van der Waals surface area contributed by atoms with Crippen LogP contribution < -0.4 is 12.4 Å². The average molecular weight is 317 g/mol. The zero-order valence-electron chi connectivity index (χ0n) is 11.2. The second kappa shape index (κ2) is 7.30. The molecule has 106 valence electrons. The fraction of sp³-hybridized carbons (Fsp3) is 0. The molecule has 0 spiro atoms. The van der Waals surface area contributed by atoms with Gasteiger partial charge in [-0.1, -0.05) is 36.4 Å². The van der Waals surface area contributed by atoms with Crippen molar-refractivity contribution in [1.29, 1.82) is 0 Å². The molecule has 0 aliphatic carbocycles. The Bertz CT molecular complexity index is 629. The summed E-state index contributed by atoms with van der Waals surface area (Å²) in [6, 6.07) is 27.5. The van der Waals surface area contributed by atoms with Crippen LogP contribution in [-0.4, -0.2) is 0 Å². The normalized spacial score (nSPS) is 10.2. The highest BCUT2D eigenvalue weighted by Gasteiger charge is 2.27. The van der Waals surface area contributed by atoms with Crippen LogP contribution in [0.1, 0.15) is 0 Å². The molecule has 21 heavy (non-hydrogen) atoms. The van der Waals surface area contributed by atoms with Crippen LogP contribution in [0.3, 0.4) is 0 Å². The third-order valence-electron chi connectivity index (χ3n) is 3.01. The first kappa shape index (κ1) is 15.6. The molecule has 0 bridgehead atoms. The minimum atomic E-state index is -0.196. The van der Waals surface area contributed by atoms with Crippen molar-refractivity contribution in [1.82, 2.24) is 0 Å². The summed E-state index contributed by atoms with van der Waals surface area (Å²) in [5, 5.41) is 0. The maximum Gasteiger partial charge on any atom is 0.166 e. The van der Waals surface area contributed by atoms with E-state index in [1.807, 2.05) is 48.5 Å². The summed E-state index contributed by atoms with van der Waals surface area (Å²) >= 11 is 0. The van der Waals surface area contributed by atoms with Crippen LogP contribution in [0, 0.1) is 5.82 Å². The number of rotatable bonds is 3. The first-order valence-corrected chi connectivity index (χ1v) is 7.67. The van der Waals surface area contributed by atoms with Gasteiger partial charge in [-0.25, -0.2) is 4.39 Å². The Morgan fingerprint density at radius 3 is 1.33 bits per heavy atom. The first-order valence-electron chi connectivity index (χ1n) is 6.44. The van der Waals surface area contributed by atoms with E-state index in [-0.39, 0.29) is 29.1 Å². The minimum absolute atomic E-state index is 0. The molecule has 3 heteroatoms. The molecule has 0 radical (unpaired) electrons. The van der Waals surface area contributed by atoms with E-state index >= 15 is 0 Å². The number of benzene rings is 3. The molecule has 0 N–H and O–H groups in total. The monoisotopic (exact) mass is 316 g/mol. The SMILES string of the molecule is Fc1ccc([S+](c2ccccc2)c2ccccc2)cc1.[Cl-]. The smallest absolute Gasteiger partial charge is 0.166 e. The fourth-order valence-corrected chi connectivity index (χ4v) is 4.18. The first-order chi connectivity index (χ1) is 9.84. The van der Waals surface area contributed by atoms with E-state index in [1.165, 1.54) is 21.9 Å². The zero-order valence-corrected chi connectivity index (χ0v) is 12.8. The van der Waals surface area contributed by atoms with E-state index in [1.54, 1.807) is 0 Å². The van der Waals surface area contributed by atoms with Crippen LogP contribution >= 0.6 is 0 Å². The molecular formula is C18H14ClFS. The molecule has 3 rings (SSSR count). The van der Waals surface area contributed by atoms with Crippen molar-refractivity contribution in [2.45, 2.75) is 14.7 Å². The Labute approximate surface area is 133 Å². The molecular weight excluding hydrogens is 303 g/mol. The predicted octanol–water partition coefficient (Wildman–Crippen LogP) is 1.93. The Balaban J connectivity index is 0.00000161. The van der Waals surface area contributed by atoms with Gasteiger partial charge in [0.2, 0.25) is 0 Å². The maximum absolute atomic E-state index is 13.2. The van der Waals surface area contributed by atoms with Crippen molar-refractivity contribution in [3.63, 3.8) is 0 Å². The summed E-state index contributed by atoms with van der Waals surface area (Å²) in [6.45, 7) is 0. The molecule has 0 fully saturated rings. The summed E-state index contributed by atoms with van der Waals surface area (Å²) in [7, 11) is -0.190. The molecule has 0 heterocycles. The molecule has 3 aromatic rings. The Morgan fingerprint density at radius 1 is 0.524 bits per heavy atom. The van der Waals surface area contributed by atoms with Gasteiger partial charge in [-0.3, -0.25) is 0 Å². The molecule has 0 aromatic heterocycles. The van der Waals surface area contributed by atoms with Gasteiger partial charge in [-0.2, -0.15) is 0 Å². The van der Waals surface area contributed by atoms with E-state index in [9.17, 15) is 4.39 Å². The van der Waals surface area contributed by atoms with Crippen molar-refractivity contribution < 1.29 is 16.8 Å². The second-order valence-corrected chi connectivity index (χ2v) is 6.41. The molecule has 3 aromatic carbocycles. The zero-order chi connectivity index (χ0) is 13.8. The van der Waals surface area contributed by atoms with Gasteiger partial charge in [0.1, 0.15) is 5.82 Å². The molecule has 0 saturated heterocycles. The molecule has 0 aliphatic heterocycles. The largest absolute Gasteiger partial charge is 1.00 e. The minimum Gasteiger partial charge on any atom is -1.00 e. The van der Waals surface area contributed by atoms with E-state index < -0.39 is 0 Å². The molecule has 0 aliphatic rings. The quantitative estimate of drug-likeness (QED) is 0.648. The lowest BCUT2D eigenvalue weighted by molar-refractivity contribution is -0.00000455. The highest BCUT2D eigenvalue weighted by atomic mass is 35.5. The lowest BCUT2D eigenvalue weighted by atomic mass is 10.3. The van der Waals surface area contributed by atoms with Crippen LogP contribution in [0.5, 0.6) is 0 Å². The fourth-order valence-electron chi connectivity index (χ4n) is 2.09. The standard InChI is InChI=1S/C18H14FS.ClH/c19-15-11-13-18(14-12-15)20(16-7-3-1-4-8-16)17-9-5-2-6-10-17;/h1-14H;1H/q+1;/p-1. The lowest BCUT2D eigenvalue weighted by Gasteiger charge is -2.07. The molecule has 0 amide bonds. The summed E-state index contributed by atoms with van der Waals surface area (Å²) in [5.41, 5.74) is 0. The van der Waals surface area contributed by atoms with Crippen molar-refractivity contribution in [3.05, 3.63) is 90.7 Å². The van der Waals surface area contributed by atoms with Gasteiger partial charge in [0.05, 0.1) is 10.9 Å². The summed E-state index contributed by atoms with van der Waals surface area (Å²) in [4.78, 5) is 3.61. The molecule has 0 nitrogen and oxygen atoms in total. The topological polar surface area (TPSA) is 0 Å². The molecule has 0 unspecified atom stereocenters. The third kappa shape index (κ3) is 3.66. The van der Waals surface area contributed by atoms with Crippen LogP contribution in [0.2, 0.25) is 0 Å². The summed E-state index contributed by atoms with van der Waals surface area (Å²) < 4.78 is 13.2. The number of hydrogen-bond donors (Lipinski definition) is 0. The number of halogens is 2. The lowest BCUT2D eigenvalue weighted by Crippen LogP contribution is -3.00. The van der Waals surface area contributed by atoms with Gasteiger partial charge >= 0.3 is 0 Å². The Kier molecular flexibility index (Phi) is 5.43. The Morgan fingerprint density at radius 2 is 0.905 bits per heavy atom. The van der Waals surface area contributed by atoms with E-state index in [2.05, 4.69) is 24.3 Å². The highest BCUT2D eigenvalue weighted by Crippen LogP contribution is 2.30. The van der Waals surface area contributed by atoms with E-state index in [4.69, 9.17) is 0 Å². The third-order valence-corrected chi connectivity index (χ3v) is 5.24. The van der Waals surface area contributed by atoms with Crippen LogP contribution in [0.25, 0.3) is 0 Å². The van der Waals surface area contributed by atoms with Gasteiger partial charge in [0.25, 0.3) is 0 Å². The summed E-state index contributed by atoms with van der Waals surface area (Å²) in [6.07, 6.45) is 0. The van der Waals surface area contributed by atoms with Crippen molar-refractivity contribution in [2.24, 2.45) is 0 Å². The molecule has 0 atom stereocenters. The summed E-state index contributed by atoms with van der Waals surface area (Å²) in [5.74, 6) is -0.196. The Hall–Kier alpha value is -1.77. The van der Waals surface area contributed by atoms with Crippen LogP contribution in [0.4, 0.5) is 4.39 Å². The van der Waals surface area contributed by atoms with Crippen molar-refractivity contribution in [3.8, 4) is 0 Å². The van der Waals surface area contributed by atoms with Crippen LogP contribution in [-0.2, 0) is 10.9 Å². The van der Waals surface area contributed by atoms with E-state index in [0.717, 1.165) is 4.90 Å². The van der Waals surface area contributed by atoms with Crippen molar-refractivity contribution in [2.75, 3.05) is 0 Å². The van der Waals surface area contributed by atoms with Crippen molar-refractivity contribution >= 4 is 10.9 Å². The molecule has 0 saturated carbocycles. The maximum atomic E-state index is 13.2. The van der Waals surface area contributed by atoms with Gasteiger partial charge in [-0.05, 0) is 48.5 Å². The van der Waals surface area contributed by atoms with Gasteiger partial charge in [-0.15, -0.1) is 0 Å². The number of hydrogen-bond acceptors (Lipinski definition) is 0. The van der Waals surface area contributed by atoms with Gasteiger partial charge < -0.3 is 12.4 Å². The van der Waals surface area contributed by atoms with Gasteiger partial charge in [0.15, 0.2) is 14.7 Å². The van der Waals surface area contributed by atoms with Crippen LogP contribution in [0.15, 0.2) is 99.6 Å². The van der Waals surface area contributed by atoms with E-state index in [0.29, 0.717) is 0 Å².